The molecular weight excluding hydrogens is 492 g/mol. The maximum absolute atomic E-state index is 11.1. The Hall–Kier alpha value is -1.52. The van der Waals surface area contributed by atoms with Gasteiger partial charge in [-0.2, -0.15) is 0 Å². The van der Waals surface area contributed by atoms with E-state index in [4.69, 9.17) is 23.2 Å². The molecular formula is C16H20Cl2IN5O2. The van der Waals surface area contributed by atoms with Crippen LogP contribution >= 0.6 is 47.2 Å². The number of rotatable bonds is 6. The molecule has 0 saturated heterocycles. The number of para-hydroxylation sites is 1. The lowest BCUT2D eigenvalue weighted by atomic mass is 10.2. The second-order valence-electron chi connectivity index (χ2n) is 5.27. The molecule has 0 atom stereocenters. The van der Waals surface area contributed by atoms with Crippen LogP contribution in [0.25, 0.3) is 0 Å². The first kappa shape index (κ1) is 22.5. The van der Waals surface area contributed by atoms with E-state index in [2.05, 4.69) is 15.6 Å². The minimum atomic E-state index is -0.404. The number of nitro groups is 1. The van der Waals surface area contributed by atoms with Crippen LogP contribution in [0, 0.1) is 10.1 Å². The highest BCUT2D eigenvalue weighted by Gasteiger charge is 2.12. The van der Waals surface area contributed by atoms with E-state index in [0.717, 1.165) is 5.69 Å². The lowest BCUT2D eigenvalue weighted by molar-refractivity contribution is -0.385. The summed E-state index contributed by atoms with van der Waals surface area (Å²) in [5, 5.41) is 18.3. The van der Waals surface area contributed by atoms with Crippen LogP contribution in [0.4, 0.5) is 5.69 Å². The lowest BCUT2D eigenvalue weighted by Crippen LogP contribution is -2.37. The quantitative estimate of drug-likeness (QED) is 0.201. The Bertz CT molecular complexity index is 795. The summed E-state index contributed by atoms with van der Waals surface area (Å²) in [5.41, 5.74) is 1.50. The maximum atomic E-state index is 11.1. The summed E-state index contributed by atoms with van der Waals surface area (Å²) in [4.78, 5) is 15.1. The highest BCUT2D eigenvalue weighted by Crippen LogP contribution is 2.25. The third-order valence-corrected chi connectivity index (χ3v) is 4.43. The summed E-state index contributed by atoms with van der Waals surface area (Å²) in [6.07, 6.45) is 0. The van der Waals surface area contributed by atoms with Gasteiger partial charge < -0.3 is 15.2 Å². The number of hydrogen-bond donors (Lipinski definition) is 2. The standard InChI is InChI=1S/C16H19Cl2N5O2.HI/c1-3-19-16(21-10-12-8-13(17)15(18)22(12)2)20-9-11-6-4-5-7-14(11)23(24)25;/h4-8H,3,9-10H2,1-2H3,(H2,19,20,21);1H. The molecule has 1 heterocycles. The molecule has 2 N–H and O–H groups in total. The molecule has 2 aromatic rings. The zero-order chi connectivity index (χ0) is 18.4. The van der Waals surface area contributed by atoms with Gasteiger partial charge in [-0.15, -0.1) is 24.0 Å². The number of aromatic nitrogens is 1. The summed E-state index contributed by atoms with van der Waals surface area (Å²) in [5.74, 6) is 0.550. The molecule has 7 nitrogen and oxygen atoms in total. The molecule has 0 unspecified atom stereocenters. The van der Waals surface area contributed by atoms with Gasteiger partial charge in [-0.25, -0.2) is 4.99 Å². The smallest absolute Gasteiger partial charge is 0.274 e. The number of guanidine groups is 1. The van der Waals surface area contributed by atoms with E-state index in [9.17, 15) is 10.1 Å². The van der Waals surface area contributed by atoms with Gasteiger partial charge in [0, 0.05) is 25.4 Å². The van der Waals surface area contributed by atoms with Gasteiger partial charge in [-0.3, -0.25) is 10.1 Å². The van der Waals surface area contributed by atoms with Gasteiger partial charge >= 0.3 is 0 Å². The van der Waals surface area contributed by atoms with E-state index in [1.165, 1.54) is 6.07 Å². The zero-order valence-corrected chi connectivity index (χ0v) is 18.2. The van der Waals surface area contributed by atoms with Crippen LogP contribution in [0.2, 0.25) is 10.2 Å². The van der Waals surface area contributed by atoms with Crippen LogP contribution < -0.4 is 10.6 Å². The molecule has 0 saturated carbocycles. The fourth-order valence-corrected chi connectivity index (χ4v) is 2.68. The van der Waals surface area contributed by atoms with Gasteiger partial charge in [0.2, 0.25) is 0 Å². The van der Waals surface area contributed by atoms with Crippen molar-refractivity contribution in [3.05, 3.63) is 61.9 Å². The molecule has 0 bridgehead atoms. The Labute approximate surface area is 178 Å². The molecule has 0 fully saturated rings. The summed E-state index contributed by atoms with van der Waals surface area (Å²) >= 11 is 12.1. The van der Waals surface area contributed by atoms with Gasteiger partial charge in [0.05, 0.1) is 28.6 Å². The topological polar surface area (TPSA) is 84.5 Å². The number of aliphatic imine (C=N–C) groups is 1. The van der Waals surface area contributed by atoms with Gasteiger partial charge in [0.25, 0.3) is 5.69 Å². The Morgan fingerprint density at radius 3 is 2.58 bits per heavy atom. The van der Waals surface area contributed by atoms with Gasteiger partial charge in [0.15, 0.2) is 5.96 Å². The molecule has 1 aromatic heterocycles. The first-order valence-electron chi connectivity index (χ1n) is 7.68. The van der Waals surface area contributed by atoms with Crippen molar-refractivity contribution in [1.29, 1.82) is 0 Å². The minimum absolute atomic E-state index is 0. The average Bonchev–Trinajstić information content (AvgIpc) is 2.84. The monoisotopic (exact) mass is 511 g/mol. The first-order valence-corrected chi connectivity index (χ1v) is 8.43. The number of halogens is 3. The molecule has 0 aliphatic rings. The summed E-state index contributed by atoms with van der Waals surface area (Å²) < 4.78 is 1.78. The molecule has 0 radical (unpaired) electrons. The molecule has 1 aromatic carbocycles. The third kappa shape index (κ3) is 5.75. The zero-order valence-electron chi connectivity index (χ0n) is 14.3. The van der Waals surface area contributed by atoms with Crippen LogP contribution in [0.15, 0.2) is 35.3 Å². The van der Waals surface area contributed by atoms with Crippen molar-refractivity contribution in [2.45, 2.75) is 20.0 Å². The van der Waals surface area contributed by atoms with Crippen LogP contribution in [0.5, 0.6) is 0 Å². The van der Waals surface area contributed by atoms with E-state index in [-0.39, 0.29) is 36.2 Å². The molecule has 0 amide bonds. The number of nitro benzene ring substituents is 1. The highest BCUT2D eigenvalue weighted by molar-refractivity contribution is 14.0. The summed E-state index contributed by atoms with van der Waals surface area (Å²) in [6.45, 7) is 3.27. The highest BCUT2D eigenvalue weighted by atomic mass is 127. The Balaban J connectivity index is 0.00000338. The van der Waals surface area contributed by atoms with E-state index in [0.29, 0.717) is 34.8 Å². The number of benzene rings is 1. The normalized spacial score (nSPS) is 11.0. The van der Waals surface area contributed by atoms with Crippen molar-refractivity contribution in [3.8, 4) is 0 Å². The predicted octanol–water partition coefficient (Wildman–Crippen LogP) is 4.11. The first-order chi connectivity index (χ1) is 11.9. The second-order valence-corrected chi connectivity index (χ2v) is 6.03. The molecule has 0 aliphatic carbocycles. The largest absolute Gasteiger partial charge is 0.357 e. The van der Waals surface area contributed by atoms with Crippen molar-refractivity contribution < 1.29 is 4.92 Å². The fraction of sp³-hybridized carbons (Fsp3) is 0.312. The second kappa shape index (κ2) is 10.6. The Morgan fingerprint density at radius 1 is 1.31 bits per heavy atom. The number of nitrogens with zero attached hydrogens (tertiary/aromatic N) is 3. The SMILES string of the molecule is CCNC(=NCc1ccccc1[N+](=O)[O-])NCc1cc(Cl)c(Cl)n1C.I. The van der Waals surface area contributed by atoms with E-state index in [1.54, 1.807) is 28.8 Å². The molecule has 142 valence electrons. The van der Waals surface area contributed by atoms with Gasteiger partial charge in [-0.05, 0) is 13.0 Å². The van der Waals surface area contributed by atoms with E-state index < -0.39 is 4.92 Å². The number of nitrogens with one attached hydrogen (secondary N) is 2. The van der Waals surface area contributed by atoms with Crippen molar-refractivity contribution in [3.63, 3.8) is 0 Å². The molecule has 26 heavy (non-hydrogen) atoms. The molecule has 2 rings (SSSR count). The van der Waals surface area contributed by atoms with Gasteiger partial charge in [0.1, 0.15) is 5.15 Å². The maximum Gasteiger partial charge on any atom is 0.274 e. The number of hydrogen-bond acceptors (Lipinski definition) is 3. The lowest BCUT2D eigenvalue weighted by Gasteiger charge is -2.12. The third-order valence-electron chi connectivity index (χ3n) is 3.59. The van der Waals surface area contributed by atoms with Crippen LogP contribution in [0.3, 0.4) is 0 Å². The van der Waals surface area contributed by atoms with Crippen molar-refractivity contribution in [1.82, 2.24) is 15.2 Å². The van der Waals surface area contributed by atoms with E-state index >= 15 is 0 Å². The van der Waals surface area contributed by atoms with Crippen molar-refractivity contribution in [2.75, 3.05) is 6.54 Å². The van der Waals surface area contributed by atoms with Crippen LogP contribution in [0.1, 0.15) is 18.2 Å². The van der Waals surface area contributed by atoms with Crippen molar-refractivity contribution in [2.24, 2.45) is 12.0 Å². The molecule has 10 heteroatoms. The Morgan fingerprint density at radius 2 is 2.00 bits per heavy atom. The van der Waals surface area contributed by atoms with Crippen LogP contribution in [-0.4, -0.2) is 22.0 Å². The van der Waals surface area contributed by atoms with Crippen LogP contribution in [-0.2, 0) is 20.1 Å². The summed E-state index contributed by atoms with van der Waals surface area (Å²) in [7, 11) is 1.82. The Kier molecular flexibility index (Phi) is 9.17. The van der Waals surface area contributed by atoms with E-state index in [1.807, 2.05) is 14.0 Å². The van der Waals surface area contributed by atoms with Gasteiger partial charge in [-0.1, -0.05) is 41.4 Å². The fourth-order valence-electron chi connectivity index (χ4n) is 2.26. The molecule has 0 aliphatic heterocycles. The molecule has 0 spiro atoms. The minimum Gasteiger partial charge on any atom is -0.357 e. The summed E-state index contributed by atoms with van der Waals surface area (Å²) in [6, 6.07) is 8.34. The predicted molar refractivity (Wildman–Crippen MR) is 116 cm³/mol. The van der Waals surface area contributed by atoms with Crippen molar-refractivity contribution >= 4 is 58.8 Å². The average molecular weight is 512 g/mol.